The maximum absolute atomic E-state index is 13.3. The highest BCUT2D eigenvalue weighted by Crippen LogP contribution is 2.32. The number of likely N-dealkylation sites (tertiary alicyclic amines) is 1. The zero-order chi connectivity index (χ0) is 38.9. The number of hydrogen-bond donors (Lipinski definition) is 5. The Kier molecular flexibility index (Phi) is 10.0. The summed E-state index contributed by atoms with van der Waals surface area (Å²) in [5.74, 6) is -1.27. The van der Waals surface area contributed by atoms with Gasteiger partial charge in [-0.25, -0.2) is 4.98 Å². The number of imidazole rings is 1. The van der Waals surface area contributed by atoms with Crippen LogP contribution in [0.25, 0.3) is 21.9 Å². The van der Waals surface area contributed by atoms with Crippen molar-refractivity contribution in [1.82, 2.24) is 40.2 Å². The maximum Gasteiger partial charge on any atom is 0.264 e. The van der Waals surface area contributed by atoms with E-state index in [1.54, 1.807) is 35.1 Å². The van der Waals surface area contributed by atoms with Crippen LogP contribution < -0.4 is 21.3 Å². The van der Waals surface area contributed by atoms with Crippen LogP contribution in [0.2, 0.25) is 0 Å². The number of carbonyl (C=O) groups excluding carboxylic acids is 6. The summed E-state index contributed by atoms with van der Waals surface area (Å²) in [6.07, 6.45) is 4.71. The van der Waals surface area contributed by atoms with Gasteiger partial charge in [0.15, 0.2) is 0 Å². The van der Waals surface area contributed by atoms with Gasteiger partial charge in [0, 0.05) is 61.8 Å². The van der Waals surface area contributed by atoms with Crippen molar-refractivity contribution >= 4 is 68.8 Å². The molecular formula is C40H42N10O6. The number of H-pyrrole nitrogens is 1. The number of aromatic amines is 1. The lowest BCUT2D eigenvalue weighted by atomic mass is 10.0. The quantitative estimate of drug-likeness (QED) is 0.0876. The average molecular weight is 759 g/mol. The fraction of sp³-hybridized carbons (Fsp3) is 0.350. The van der Waals surface area contributed by atoms with Crippen LogP contribution >= 0.6 is 0 Å². The van der Waals surface area contributed by atoms with Crippen LogP contribution in [0.1, 0.15) is 75.4 Å². The lowest BCUT2D eigenvalue weighted by Gasteiger charge is -2.27. The summed E-state index contributed by atoms with van der Waals surface area (Å²) < 4.78 is 1.77. The minimum atomic E-state index is -1.01. The number of amides is 6. The van der Waals surface area contributed by atoms with E-state index in [1.165, 1.54) is 0 Å². The summed E-state index contributed by atoms with van der Waals surface area (Å²) in [6.45, 7) is 3.33. The number of aromatic nitrogens is 4. The number of aryl methyl sites for hydroxylation is 1. The van der Waals surface area contributed by atoms with Crippen LogP contribution in [0.5, 0.6) is 0 Å². The fourth-order valence-electron chi connectivity index (χ4n) is 7.86. The van der Waals surface area contributed by atoms with E-state index < -0.39 is 29.7 Å². The number of anilines is 2. The molecule has 5 heterocycles. The monoisotopic (exact) mass is 758 g/mol. The molecule has 2 saturated heterocycles. The summed E-state index contributed by atoms with van der Waals surface area (Å²) in [7, 11) is 1.86. The Morgan fingerprint density at radius 2 is 1.82 bits per heavy atom. The van der Waals surface area contributed by atoms with Crippen molar-refractivity contribution in [3.63, 3.8) is 0 Å². The first-order valence-corrected chi connectivity index (χ1v) is 18.9. The summed E-state index contributed by atoms with van der Waals surface area (Å²) in [5.41, 5.74) is 4.79. The third kappa shape index (κ3) is 7.47. The number of imide groups is 2. The van der Waals surface area contributed by atoms with Gasteiger partial charge in [0.1, 0.15) is 11.9 Å². The maximum atomic E-state index is 13.3. The molecule has 16 nitrogen and oxygen atoms in total. The van der Waals surface area contributed by atoms with Gasteiger partial charge in [-0.05, 0) is 86.7 Å². The predicted octanol–water partition coefficient (Wildman–Crippen LogP) is 3.32. The normalized spacial score (nSPS) is 18.5. The van der Waals surface area contributed by atoms with Crippen LogP contribution in [-0.4, -0.2) is 97.2 Å². The van der Waals surface area contributed by atoms with Crippen molar-refractivity contribution < 1.29 is 28.8 Å². The number of rotatable bonds is 13. The van der Waals surface area contributed by atoms with Crippen molar-refractivity contribution in [3.8, 4) is 0 Å². The van der Waals surface area contributed by atoms with E-state index in [-0.39, 0.29) is 41.7 Å². The number of hydrogen-bond acceptors (Lipinski definition) is 10. The Hall–Kier alpha value is -6.42. The lowest BCUT2D eigenvalue weighted by molar-refractivity contribution is -0.136. The largest absolute Gasteiger partial charge is 0.384 e. The molecule has 2 fully saturated rings. The number of nitrogens with one attached hydrogen (secondary N) is 5. The predicted molar refractivity (Wildman–Crippen MR) is 207 cm³/mol. The third-order valence-electron chi connectivity index (χ3n) is 10.7. The SMILES string of the molecule is Cn1ncc2cc(C(=O)Nc3ccc4nc(CN5CCC(CC(=O)NCCCCNc6cccc7c6C(=O)N(C6CCC(=O)NC6=O)C7=O)C5)[nH]c4c3)ccc21. The molecule has 3 aromatic carbocycles. The molecule has 0 saturated carbocycles. The summed E-state index contributed by atoms with van der Waals surface area (Å²) in [6, 6.07) is 15.1. The molecule has 0 aliphatic carbocycles. The molecule has 5 aromatic rings. The van der Waals surface area contributed by atoms with Crippen LogP contribution in [0, 0.1) is 5.92 Å². The third-order valence-corrected chi connectivity index (χ3v) is 10.7. The van der Waals surface area contributed by atoms with E-state index in [9.17, 15) is 28.8 Å². The zero-order valence-electron chi connectivity index (χ0n) is 30.9. The number of nitrogens with zero attached hydrogens (tertiary/aromatic N) is 5. The van der Waals surface area contributed by atoms with Crippen LogP contribution in [-0.2, 0) is 28.0 Å². The second-order valence-electron chi connectivity index (χ2n) is 14.7. The minimum absolute atomic E-state index is 0.0157. The molecule has 3 aliphatic heterocycles. The highest BCUT2D eigenvalue weighted by Gasteiger charge is 2.45. The smallest absolute Gasteiger partial charge is 0.264 e. The minimum Gasteiger partial charge on any atom is -0.384 e. The first-order valence-electron chi connectivity index (χ1n) is 18.9. The molecular weight excluding hydrogens is 717 g/mol. The second-order valence-corrected chi connectivity index (χ2v) is 14.7. The van der Waals surface area contributed by atoms with Gasteiger partial charge >= 0.3 is 0 Å². The van der Waals surface area contributed by atoms with Gasteiger partial charge in [0.05, 0.1) is 40.4 Å². The molecule has 288 valence electrons. The number of carbonyl (C=O) groups is 6. The Balaban J connectivity index is 0.751. The highest BCUT2D eigenvalue weighted by atomic mass is 16.2. The lowest BCUT2D eigenvalue weighted by Crippen LogP contribution is -2.54. The molecule has 16 heteroatoms. The zero-order valence-corrected chi connectivity index (χ0v) is 30.9. The van der Waals surface area contributed by atoms with E-state index in [0.29, 0.717) is 49.4 Å². The first kappa shape index (κ1) is 36.6. The van der Waals surface area contributed by atoms with E-state index >= 15 is 0 Å². The molecule has 0 bridgehead atoms. The molecule has 8 rings (SSSR count). The molecule has 2 aromatic heterocycles. The van der Waals surface area contributed by atoms with Gasteiger partial charge < -0.3 is 20.9 Å². The molecule has 2 unspecified atom stereocenters. The van der Waals surface area contributed by atoms with Crippen molar-refractivity contribution in [2.45, 2.75) is 51.1 Å². The van der Waals surface area contributed by atoms with Crippen molar-refractivity contribution in [1.29, 1.82) is 0 Å². The average Bonchev–Trinajstić information content (AvgIpc) is 3.95. The van der Waals surface area contributed by atoms with Gasteiger partial charge in [0.2, 0.25) is 17.7 Å². The Bertz CT molecular complexity index is 2400. The van der Waals surface area contributed by atoms with Crippen molar-refractivity contribution in [2.75, 3.05) is 36.8 Å². The van der Waals surface area contributed by atoms with E-state index in [4.69, 9.17) is 4.98 Å². The molecule has 56 heavy (non-hydrogen) atoms. The fourth-order valence-corrected chi connectivity index (χ4v) is 7.86. The van der Waals surface area contributed by atoms with Crippen LogP contribution in [0.3, 0.4) is 0 Å². The van der Waals surface area contributed by atoms with Gasteiger partial charge in [-0.2, -0.15) is 5.10 Å². The molecule has 5 N–H and O–H groups in total. The topological polar surface area (TPSA) is 204 Å². The molecule has 0 spiro atoms. The van der Waals surface area contributed by atoms with Crippen LogP contribution in [0.4, 0.5) is 11.4 Å². The summed E-state index contributed by atoms with van der Waals surface area (Å²) >= 11 is 0. The van der Waals surface area contributed by atoms with Gasteiger partial charge in [-0.1, -0.05) is 6.07 Å². The Labute approximate surface area is 321 Å². The van der Waals surface area contributed by atoms with E-state index in [2.05, 4.69) is 36.2 Å². The molecule has 0 radical (unpaired) electrons. The molecule has 2 atom stereocenters. The molecule has 3 aliphatic rings. The molecule has 6 amide bonds. The number of unbranched alkanes of at least 4 members (excludes halogenated alkanes) is 1. The van der Waals surface area contributed by atoms with Gasteiger partial charge in [0.25, 0.3) is 17.7 Å². The first-order chi connectivity index (χ1) is 27.1. The summed E-state index contributed by atoms with van der Waals surface area (Å²) in [4.78, 5) is 87.5. The van der Waals surface area contributed by atoms with Crippen molar-refractivity contribution in [2.24, 2.45) is 13.0 Å². The Morgan fingerprint density at radius 1 is 0.964 bits per heavy atom. The number of benzene rings is 3. The second kappa shape index (κ2) is 15.4. The summed E-state index contributed by atoms with van der Waals surface area (Å²) in [5, 5.41) is 16.6. The number of fused-ring (bicyclic) bond motifs is 3. The van der Waals surface area contributed by atoms with E-state index in [0.717, 1.165) is 58.6 Å². The highest BCUT2D eigenvalue weighted by molar-refractivity contribution is 6.25. The number of piperidine rings is 1. The van der Waals surface area contributed by atoms with Gasteiger partial charge in [-0.3, -0.25) is 48.6 Å². The van der Waals surface area contributed by atoms with Crippen LogP contribution in [0.15, 0.2) is 60.8 Å². The van der Waals surface area contributed by atoms with Gasteiger partial charge in [-0.15, -0.1) is 0 Å². The Morgan fingerprint density at radius 3 is 2.68 bits per heavy atom. The van der Waals surface area contributed by atoms with E-state index in [1.807, 2.05) is 37.4 Å². The van der Waals surface area contributed by atoms with Crippen molar-refractivity contribution in [3.05, 3.63) is 83.3 Å². The standard InChI is InChI=1S/C40H42N10O6/c1-48-31-10-7-24(18-25(31)20-43-48)37(53)44-26-8-9-28-30(19-26)46-33(45-28)22-49-16-13-23(21-49)17-35(52)42-15-3-2-14-41-29-6-4-5-27-36(29)40(56)50(39(27)55)32-11-12-34(51)47-38(32)54/h4-10,18-20,23,32,41H,2-3,11-17,21-22H2,1H3,(H,42,52)(H,44,53)(H,45,46)(H,47,51,54).